The average molecular weight is 245 g/mol. The Morgan fingerprint density at radius 2 is 2.33 bits per heavy atom. The molecule has 1 N–H and O–H groups in total. The summed E-state index contributed by atoms with van der Waals surface area (Å²) < 4.78 is 6.06. The summed E-state index contributed by atoms with van der Waals surface area (Å²) in [6.45, 7) is 5.95. The van der Waals surface area contributed by atoms with E-state index in [1.165, 1.54) is 5.69 Å². The van der Waals surface area contributed by atoms with E-state index in [1.54, 1.807) is 0 Å². The molecule has 1 atom stereocenters. The summed E-state index contributed by atoms with van der Waals surface area (Å²) in [7, 11) is 0. The van der Waals surface area contributed by atoms with Crippen molar-refractivity contribution in [2.24, 2.45) is 4.99 Å². The highest BCUT2D eigenvalue weighted by atomic mass is 16.5. The van der Waals surface area contributed by atoms with Gasteiger partial charge in [-0.3, -0.25) is 4.99 Å². The predicted octanol–water partition coefficient (Wildman–Crippen LogP) is 1.67. The molecule has 2 heterocycles. The monoisotopic (exact) mass is 245 g/mol. The number of nitrogens with zero attached hydrogens (tertiary/aromatic N) is 2. The maximum atomic E-state index is 6.06. The number of fused-ring (bicyclic) bond motifs is 1. The van der Waals surface area contributed by atoms with Crippen LogP contribution in [0.1, 0.15) is 13.3 Å². The van der Waals surface area contributed by atoms with Gasteiger partial charge in [0.25, 0.3) is 0 Å². The molecule has 1 aromatic carbocycles. The largest absolute Gasteiger partial charge is 0.478 e. The molecule has 0 radical (unpaired) electrons. The molecule has 18 heavy (non-hydrogen) atoms. The predicted molar refractivity (Wildman–Crippen MR) is 73.7 cm³/mol. The molecule has 0 saturated carbocycles. The summed E-state index contributed by atoms with van der Waals surface area (Å²) in [6, 6.07) is 8.26. The molecule has 2 aliphatic rings. The third-order valence-electron chi connectivity index (χ3n) is 3.36. The molecular weight excluding hydrogens is 226 g/mol. The van der Waals surface area contributed by atoms with Gasteiger partial charge in [0.15, 0.2) is 6.10 Å². The van der Waals surface area contributed by atoms with Crippen molar-refractivity contribution >= 4 is 11.5 Å². The lowest BCUT2D eigenvalue weighted by Gasteiger charge is -2.36. The van der Waals surface area contributed by atoms with E-state index in [2.05, 4.69) is 34.3 Å². The van der Waals surface area contributed by atoms with Crippen LogP contribution in [0.25, 0.3) is 0 Å². The van der Waals surface area contributed by atoms with E-state index in [9.17, 15) is 0 Å². The van der Waals surface area contributed by atoms with Crippen LogP contribution in [0.4, 0.5) is 5.69 Å². The van der Waals surface area contributed by atoms with E-state index >= 15 is 0 Å². The van der Waals surface area contributed by atoms with Crippen molar-refractivity contribution < 1.29 is 4.74 Å². The molecule has 3 rings (SSSR count). The minimum atomic E-state index is 0.0500. The minimum Gasteiger partial charge on any atom is -0.478 e. The maximum absolute atomic E-state index is 6.06. The summed E-state index contributed by atoms with van der Waals surface area (Å²) >= 11 is 0. The van der Waals surface area contributed by atoms with Crippen LogP contribution in [0.5, 0.6) is 5.75 Å². The van der Waals surface area contributed by atoms with Crippen molar-refractivity contribution in [3.63, 3.8) is 0 Å². The van der Waals surface area contributed by atoms with Crippen molar-refractivity contribution in [3.05, 3.63) is 24.3 Å². The van der Waals surface area contributed by atoms with E-state index in [0.29, 0.717) is 0 Å². The Labute approximate surface area is 108 Å². The average Bonchev–Trinajstić information content (AvgIpc) is 2.93. The number of ether oxygens (including phenoxy) is 1. The topological polar surface area (TPSA) is 36.9 Å². The fraction of sp³-hybridized carbons (Fsp3) is 0.500. The van der Waals surface area contributed by atoms with Crippen molar-refractivity contribution in [2.45, 2.75) is 19.4 Å². The SMILES string of the molecule is CCCN1C[C@@H](C2=NCCN2)Oc2ccccc21. The lowest BCUT2D eigenvalue weighted by Crippen LogP contribution is -2.48. The van der Waals surface area contributed by atoms with Crippen molar-refractivity contribution in [1.29, 1.82) is 0 Å². The Bertz CT molecular complexity index is 458. The summed E-state index contributed by atoms with van der Waals surface area (Å²) in [6.07, 6.45) is 1.19. The van der Waals surface area contributed by atoms with Gasteiger partial charge >= 0.3 is 0 Å². The molecule has 0 aromatic heterocycles. The number of nitrogens with one attached hydrogen (secondary N) is 1. The Kier molecular flexibility index (Phi) is 3.09. The fourth-order valence-corrected chi connectivity index (χ4v) is 2.56. The Balaban J connectivity index is 1.87. The van der Waals surface area contributed by atoms with E-state index in [1.807, 2.05) is 12.1 Å². The zero-order valence-corrected chi connectivity index (χ0v) is 10.7. The summed E-state index contributed by atoms with van der Waals surface area (Å²) in [4.78, 5) is 6.88. The number of para-hydroxylation sites is 2. The first-order valence-corrected chi connectivity index (χ1v) is 6.67. The smallest absolute Gasteiger partial charge is 0.173 e. The van der Waals surface area contributed by atoms with Crippen LogP contribution in [0.2, 0.25) is 0 Å². The van der Waals surface area contributed by atoms with Crippen LogP contribution < -0.4 is 15.0 Å². The van der Waals surface area contributed by atoms with Gasteiger partial charge in [-0.25, -0.2) is 0 Å². The number of anilines is 1. The van der Waals surface area contributed by atoms with Gasteiger partial charge in [-0.15, -0.1) is 0 Å². The molecule has 1 aromatic rings. The third kappa shape index (κ3) is 2.03. The van der Waals surface area contributed by atoms with Crippen LogP contribution in [0.15, 0.2) is 29.3 Å². The van der Waals surface area contributed by atoms with E-state index < -0.39 is 0 Å². The summed E-state index contributed by atoms with van der Waals surface area (Å²) in [5.74, 6) is 1.98. The van der Waals surface area contributed by atoms with Crippen molar-refractivity contribution in [2.75, 3.05) is 31.1 Å². The quantitative estimate of drug-likeness (QED) is 0.880. The van der Waals surface area contributed by atoms with Gasteiger partial charge in [-0.2, -0.15) is 0 Å². The van der Waals surface area contributed by atoms with E-state index in [-0.39, 0.29) is 6.10 Å². The fourth-order valence-electron chi connectivity index (χ4n) is 2.56. The number of rotatable bonds is 3. The van der Waals surface area contributed by atoms with Gasteiger partial charge in [0, 0.05) is 13.1 Å². The van der Waals surface area contributed by atoms with Crippen LogP contribution >= 0.6 is 0 Å². The molecule has 4 nitrogen and oxygen atoms in total. The number of amidine groups is 1. The zero-order chi connectivity index (χ0) is 12.4. The number of benzene rings is 1. The molecule has 2 aliphatic heterocycles. The van der Waals surface area contributed by atoms with Gasteiger partial charge in [0.2, 0.25) is 0 Å². The number of aliphatic imine (C=N–C) groups is 1. The second-order valence-electron chi connectivity index (χ2n) is 4.71. The van der Waals surface area contributed by atoms with Crippen molar-refractivity contribution in [3.8, 4) is 5.75 Å². The number of hydrogen-bond acceptors (Lipinski definition) is 4. The van der Waals surface area contributed by atoms with E-state index in [0.717, 1.165) is 44.2 Å². The normalized spacial score (nSPS) is 21.9. The van der Waals surface area contributed by atoms with Crippen LogP contribution in [-0.2, 0) is 0 Å². The van der Waals surface area contributed by atoms with Gasteiger partial charge in [0.1, 0.15) is 11.6 Å². The molecule has 0 unspecified atom stereocenters. The van der Waals surface area contributed by atoms with E-state index in [4.69, 9.17) is 4.74 Å². The lowest BCUT2D eigenvalue weighted by atomic mass is 10.1. The van der Waals surface area contributed by atoms with Gasteiger partial charge in [0.05, 0.1) is 18.8 Å². The van der Waals surface area contributed by atoms with Gasteiger partial charge in [-0.1, -0.05) is 19.1 Å². The van der Waals surface area contributed by atoms with Crippen LogP contribution in [0.3, 0.4) is 0 Å². The Hall–Kier alpha value is -1.71. The molecule has 96 valence electrons. The first-order valence-electron chi connectivity index (χ1n) is 6.67. The maximum Gasteiger partial charge on any atom is 0.173 e. The Morgan fingerprint density at radius 3 is 3.11 bits per heavy atom. The lowest BCUT2D eigenvalue weighted by molar-refractivity contribution is 0.252. The minimum absolute atomic E-state index is 0.0500. The first-order chi connectivity index (χ1) is 8.88. The van der Waals surface area contributed by atoms with Crippen LogP contribution in [-0.4, -0.2) is 38.1 Å². The third-order valence-corrected chi connectivity index (χ3v) is 3.36. The highest BCUT2D eigenvalue weighted by molar-refractivity contribution is 5.89. The molecule has 0 bridgehead atoms. The summed E-state index contributed by atoms with van der Waals surface area (Å²) in [5, 5.41) is 3.32. The molecule has 0 fully saturated rings. The second kappa shape index (κ2) is 4.88. The first kappa shape index (κ1) is 11.4. The zero-order valence-electron chi connectivity index (χ0n) is 10.7. The Morgan fingerprint density at radius 1 is 1.44 bits per heavy atom. The molecule has 0 amide bonds. The molecule has 0 saturated heterocycles. The highest BCUT2D eigenvalue weighted by Gasteiger charge is 2.29. The molecule has 0 spiro atoms. The van der Waals surface area contributed by atoms with Crippen LogP contribution in [0, 0.1) is 0 Å². The summed E-state index contributed by atoms with van der Waals surface area (Å²) in [5.41, 5.74) is 1.20. The highest BCUT2D eigenvalue weighted by Crippen LogP contribution is 2.33. The van der Waals surface area contributed by atoms with Gasteiger partial charge in [-0.05, 0) is 18.6 Å². The standard InChI is InChI=1S/C14H19N3O/c1-2-9-17-10-13(14-15-7-8-16-14)18-12-6-4-3-5-11(12)17/h3-6,13H,2,7-10H2,1H3,(H,15,16)/t13-/m0/s1. The number of hydrogen-bond donors (Lipinski definition) is 1. The second-order valence-corrected chi connectivity index (χ2v) is 4.71. The van der Waals surface area contributed by atoms with Gasteiger partial charge < -0.3 is 15.0 Å². The molecule has 4 heteroatoms. The molecule has 0 aliphatic carbocycles. The molecular formula is C14H19N3O. The van der Waals surface area contributed by atoms with Crippen molar-refractivity contribution in [1.82, 2.24) is 5.32 Å².